The molecule has 0 radical (unpaired) electrons. The van der Waals surface area contributed by atoms with Crippen LogP contribution >= 0.6 is 0 Å². The Balaban J connectivity index is 1.60. The van der Waals surface area contributed by atoms with E-state index in [0.717, 1.165) is 16.7 Å². The molecule has 0 N–H and O–H groups in total. The van der Waals surface area contributed by atoms with Crippen LogP contribution in [-0.2, 0) is 20.0 Å². The molecule has 6 rings (SSSR count). The third kappa shape index (κ3) is 4.76. The van der Waals surface area contributed by atoms with Gasteiger partial charge in [-0.2, -0.15) is 3.71 Å². The highest BCUT2D eigenvalue weighted by Crippen LogP contribution is 2.36. The van der Waals surface area contributed by atoms with Gasteiger partial charge in [0.15, 0.2) is 11.5 Å². The highest BCUT2D eigenvalue weighted by atomic mass is 32.3. The quantitative estimate of drug-likeness (QED) is 0.200. The number of rotatable bonds is 7. The van der Waals surface area contributed by atoms with Crippen molar-refractivity contribution in [3.63, 3.8) is 0 Å². The Labute approximate surface area is 243 Å². The van der Waals surface area contributed by atoms with Gasteiger partial charge in [0.05, 0.1) is 39.0 Å². The Morgan fingerprint density at radius 1 is 0.619 bits per heavy atom. The van der Waals surface area contributed by atoms with Crippen LogP contribution in [0.15, 0.2) is 116 Å². The summed E-state index contributed by atoms with van der Waals surface area (Å²) in [5, 5.41) is 0. The van der Waals surface area contributed by atoms with E-state index in [9.17, 15) is 16.8 Å². The van der Waals surface area contributed by atoms with Crippen molar-refractivity contribution in [3.8, 4) is 22.9 Å². The molecule has 6 aromatic rings. The van der Waals surface area contributed by atoms with Crippen LogP contribution in [0.25, 0.3) is 33.9 Å². The monoisotopic (exact) mass is 599 g/mol. The fourth-order valence-corrected chi connectivity index (χ4v) is 8.21. The molecule has 0 aliphatic heterocycles. The summed E-state index contributed by atoms with van der Waals surface area (Å²) in [6.45, 7) is 5.49. The molecule has 212 valence electrons. The SMILES string of the molecule is Cc1ccc(S(=O)(=O)N(c2ccc3nc(-c4ccco4)c(-c4occc4C)nc3c2)S(=O)(=O)c2ccc(C)cc2)cc1. The second-order valence-corrected chi connectivity index (χ2v) is 13.6. The Morgan fingerprint density at radius 3 is 1.74 bits per heavy atom. The highest BCUT2D eigenvalue weighted by molar-refractivity contribution is 8.10. The van der Waals surface area contributed by atoms with Gasteiger partial charge in [-0.15, -0.1) is 0 Å². The van der Waals surface area contributed by atoms with E-state index in [-0.39, 0.29) is 21.0 Å². The second-order valence-electron chi connectivity index (χ2n) is 9.84. The van der Waals surface area contributed by atoms with Crippen molar-refractivity contribution in [3.05, 3.63) is 114 Å². The number of hydrogen-bond donors (Lipinski definition) is 0. The normalized spacial score (nSPS) is 12.1. The number of fused-ring (bicyclic) bond motifs is 1. The summed E-state index contributed by atoms with van der Waals surface area (Å²) in [5.74, 6) is 0.919. The molecular formula is C31H25N3O6S2. The number of hydrogen-bond acceptors (Lipinski definition) is 8. The lowest BCUT2D eigenvalue weighted by molar-refractivity contribution is 0.571. The fourth-order valence-electron chi connectivity index (χ4n) is 4.53. The summed E-state index contributed by atoms with van der Waals surface area (Å²) in [6.07, 6.45) is 3.05. The van der Waals surface area contributed by atoms with Gasteiger partial charge >= 0.3 is 0 Å². The predicted octanol–water partition coefficient (Wildman–Crippen LogP) is 6.66. The topological polar surface area (TPSA) is 124 Å². The molecule has 3 heterocycles. The van der Waals surface area contributed by atoms with Gasteiger partial charge in [0.2, 0.25) is 0 Å². The Bertz CT molecular complexity index is 2060. The number of aryl methyl sites for hydroxylation is 3. The van der Waals surface area contributed by atoms with E-state index in [0.29, 0.717) is 32.1 Å². The first-order valence-corrected chi connectivity index (χ1v) is 15.8. The molecule has 3 aromatic carbocycles. The Kier molecular flexibility index (Phi) is 6.71. The maximum Gasteiger partial charge on any atom is 0.277 e. The molecule has 0 bridgehead atoms. The number of anilines is 1. The number of sulfonamides is 2. The van der Waals surface area contributed by atoms with Crippen molar-refractivity contribution in [1.29, 1.82) is 0 Å². The van der Waals surface area contributed by atoms with Crippen molar-refractivity contribution in [2.24, 2.45) is 0 Å². The minimum Gasteiger partial charge on any atom is -0.463 e. The van der Waals surface area contributed by atoms with Crippen LogP contribution in [0.5, 0.6) is 0 Å². The molecule has 0 aliphatic rings. The number of aromatic nitrogens is 2. The molecule has 0 saturated carbocycles. The fraction of sp³-hybridized carbons (Fsp3) is 0.0968. The molecule has 9 nitrogen and oxygen atoms in total. The van der Waals surface area contributed by atoms with E-state index < -0.39 is 20.0 Å². The van der Waals surface area contributed by atoms with E-state index >= 15 is 0 Å². The van der Waals surface area contributed by atoms with E-state index in [1.54, 1.807) is 42.5 Å². The van der Waals surface area contributed by atoms with Crippen molar-refractivity contribution in [2.45, 2.75) is 30.6 Å². The third-order valence-corrected chi connectivity index (χ3v) is 11.0. The van der Waals surface area contributed by atoms with Gasteiger partial charge in [0.25, 0.3) is 20.0 Å². The van der Waals surface area contributed by atoms with Gasteiger partial charge < -0.3 is 8.83 Å². The van der Waals surface area contributed by atoms with E-state index in [4.69, 9.17) is 18.8 Å². The molecule has 0 aliphatic carbocycles. The lowest BCUT2D eigenvalue weighted by atomic mass is 10.1. The van der Waals surface area contributed by atoms with Crippen LogP contribution in [0, 0.1) is 20.8 Å². The summed E-state index contributed by atoms with van der Waals surface area (Å²) in [6, 6.07) is 21.6. The molecular weight excluding hydrogens is 574 g/mol. The number of benzene rings is 3. The van der Waals surface area contributed by atoms with Gasteiger partial charge in [-0.05, 0) is 87.0 Å². The summed E-state index contributed by atoms with van der Waals surface area (Å²) >= 11 is 0. The minimum atomic E-state index is -4.60. The Morgan fingerprint density at radius 2 is 1.21 bits per heavy atom. The molecule has 0 saturated heterocycles. The first kappa shape index (κ1) is 27.4. The van der Waals surface area contributed by atoms with Gasteiger partial charge in [-0.25, -0.2) is 26.8 Å². The van der Waals surface area contributed by atoms with Gasteiger partial charge in [0, 0.05) is 0 Å². The van der Waals surface area contributed by atoms with Gasteiger partial charge in [0.1, 0.15) is 11.4 Å². The summed E-state index contributed by atoms with van der Waals surface area (Å²) in [5.41, 5.74) is 3.80. The summed E-state index contributed by atoms with van der Waals surface area (Å²) in [7, 11) is -9.19. The average molecular weight is 600 g/mol. The van der Waals surface area contributed by atoms with Gasteiger partial charge in [-0.3, -0.25) is 0 Å². The number of furan rings is 2. The molecule has 0 amide bonds. The molecule has 0 unspecified atom stereocenters. The molecule has 11 heteroatoms. The molecule has 0 spiro atoms. The van der Waals surface area contributed by atoms with Gasteiger partial charge in [-0.1, -0.05) is 35.4 Å². The summed E-state index contributed by atoms with van der Waals surface area (Å²) < 4.78 is 68.0. The zero-order valence-corrected chi connectivity index (χ0v) is 24.5. The summed E-state index contributed by atoms with van der Waals surface area (Å²) in [4.78, 5) is 9.18. The molecule has 42 heavy (non-hydrogen) atoms. The van der Waals surface area contributed by atoms with Crippen LogP contribution < -0.4 is 3.71 Å². The largest absolute Gasteiger partial charge is 0.463 e. The molecule has 3 aromatic heterocycles. The zero-order chi connectivity index (χ0) is 29.6. The van der Waals surface area contributed by atoms with Crippen LogP contribution in [0.3, 0.4) is 0 Å². The van der Waals surface area contributed by atoms with Crippen LogP contribution in [0.1, 0.15) is 16.7 Å². The van der Waals surface area contributed by atoms with E-state index in [2.05, 4.69) is 0 Å². The molecule has 0 fully saturated rings. The minimum absolute atomic E-state index is 0.120. The van der Waals surface area contributed by atoms with Crippen LogP contribution in [0.4, 0.5) is 5.69 Å². The van der Waals surface area contributed by atoms with E-state index in [1.165, 1.54) is 55.0 Å². The lowest BCUT2D eigenvalue weighted by Gasteiger charge is -2.24. The smallest absolute Gasteiger partial charge is 0.277 e. The van der Waals surface area contributed by atoms with Crippen LogP contribution in [0.2, 0.25) is 0 Å². The highest BCUT2D eigenvalue weighted by Gasteiger charge is 2.37. The number of nitrogens with zero attached hydrogens (tertiary/aromatic N) is 3. The average Bonchev–Trinajstić information content (AvgIpc) is 3.65. The first-order chi connectivity index (χ1) is 20.1. The molecule has 0 atom stereocenters. The first-order valence-electron chi connectivity index (χ1n) is 12.9. The standard InChI is InChI=1S/C31H25N3O6S2/c1-20-6-11-24(12-7-20)41(35,36)34(42(37,38)25-13-8-21(2)9-14-25)23-10-15-26-27(19-23)33-30(31-22(3)16-18-40-31)29(32-26)28-5-4-17-39-28/h4-19H,1-3H3. The maximum atomic E-state index is 14.1. The maximum absolute atomic E-state index is 14.1. The lowest BCUT2D eigenvalue weighted by Crippen LogP contribution is -2.37. The van der Waals surface area contributed by atoms with Crippen molar-refractivity contribution < 1.29 is 25.7 Å². The Hall–Kier alpha value is -4.74. The van der Waals surface area contributed by atoms with Crippen molar-refractivity contribution in [2.75, 3.05) is 3.71 Å². The third-order valence-electron chi connectivity index (χ3n) is 6.76. The van der Waals surface area contributed by atoms with Crippen LogP contribution in [-0.4, -0.2) is 26.8 Å². The predicted molar refractivity (Wildman–Crippen MR) is 159 cm³/mol. The van der Waals surface area contributed by atoms with E-state index in [1.807, 2.05) is 20.8 Å². The second kappa shape index (κ2) is 10.3. The van der Waals surface area contributed by atoms with Crippen molar-refractivity contribution in [1.82, 2.24) is 9.97 Å². The zero-order valence-electron chi connectivity index (χ0n) is 22.8. The van der Waals surface area contributed by atoms with Crippen molar-refractivity contribution >= 4 is 36.8 Å².